The second kappa shape index (κ2) is 3.94. The number of aromatic amines is 1. The molecule has 2 atom stereocenters. The van der Waals surface area contributed by atoms with Crippen molar-refractivity contribution in [2.45, 2.75) is 31.4 Å². The number of nitrogens with one attached hydrogen (secondary N) is 1. The van der Waals surface area contributed by atoms with Crippen molar-refractivity contribution in [3.05, 3.63) is 26.7 Å². The Morgan fingerprint density at radius 3 is 2.72 bits per heavy atom. The van der Waals surface area contributed by atoms with E-state index in [2.05, 4.69) is 0 Å². The zero-order valence-corrected chi connectivity index (χ0v) is 9.56. The Kier molecular flexibility index (Phi) is 2.51. The predicted octanol–water partition coefficient (Wildman–Crippen LogP) is 0.121. The summed E-state index contributed by atoms with van der Waals surface area (Å²) in [6.45, 7) is 0.471. The molecule has 0 aromatic carbocycles. The molecule has 6 nitrogen and oxygen atoms in total. The van der Waals surface area contributed by atoms with E-state index in [1.165, 1.54) is 0 Å². The van der Waals surface area contributed by atoms with Crippen molar-refractivity contribution in [3.63, 3.8) is 0 Å². The number of nitrogens with zero attached hydrogens (tertiary/aromatic N) is 1. The van der Waals surface area contributed by atoms with E-state index >= 15 is 0 Å². The summed E-state index contributed by atoms with van der Waals surface area (Å²) in [6, 6.07) is -0.406. The minimum absolute atomic E-state index is 0.182. The third-order valence-corrected chi connectivity index (χ3v) is 3.58. The largest absolute Gasteiger partial charge is 0.492 e. The Labute approximate surface area is 101 Å². The summed E-state index contributed by atoms with van der Waals surface area (Å²) in [5.74, 6) is -1.86. The second-order valence-corrected chi connectivity index (χ2v) is 4.80. The minimum atomic E-state index is -1.32. The summed E-state index contributed by atoms with van der Waals surface area (Å²) in [5.41, 5.74) is -1.99. The molecule has 1 aliphatic carbocycles. The van der Waals surface area contributed by atoms with Gasteiger partial charge in [0, 0.05) is 6.61 Å². The molecular weight excluding hydrogens is 243 g/mol. The number of H-pyrrole nitrogens is 1. The van der Waals surface area contributed by atoms with Crippen LogP contribution in [-0.2, 0) is 4.74 Å². The minimum Gasteiger partial charge on any atom is -0.492 e. The molecule has 7 heteroatoms. The van der Waals surface area contributed by atoms with Crippen LogP contribution in [0.15, 0.2) is 9.59 Å². The van der Waals surface area contributed by atoms with E-state index in [9.17, 15) is 19.1 Å². The second-order valence-electron chi connectivity index (χ2n) is 4.80. The van der Waals surface area contributed by atoms with Crippen LogP contribution in [0.2, 0.25) is 0 Å². The van der Waals surface area contributed by atoms with Crippen LogP contribution in [0.3, 0.4) is 0 Å². The van der Waals surface area contributed by atoms with Crippen LogP contribution in [0.1, 0.15) is 25.3 Å². The molecule has 1 aromatic rings. The topological polar surface area (TPSA) is 84.3 Å². The molecule has 2 fully saturated rings. The molecule has 98 valence electrons. The fraction of sp³-hybridized carbons (Fsp3) is 0.636. The smallest absolute Gasteiger partial charge is 0.331 e. The van der Waals surface area contributed by atoms with Gasteiger partial charge >= 0.3 is 5.69 Å². The number of hydrogen-bond donors (Lipinski definition) is 2. The Balaban J connectivity index is 2.08. The van der Waals surface area contributed by atoms with Gasteiger partial charge in [0.05, 0.1) is 12.1 Å². The highest BCUT2D eigenvalue weighted by Gasteiger charge is 2.43. The summed E-state index contributed by atoms with van der Waals surface area (Å²) in [4.78, 5) is 24.6. The molecule has 0 bridgehead atoms. The number of rotatable bonds is 2. The van der Waals surface area contributed by atoms with Crippen LogP contribution in [-0.4, -0.2) is 27.4 Å². The first-order valence-corrected chi connectivity index (χ1v) is 5.94. The van der Waals surface area contributed by atoms with E-state index in [-0.39, 0.29) is 6.10 Å². The van der Waals surface area contributed by atoms with E-state index in [0.717, 1.165) is 17.4 Å². The Hall–Kier alpha value is -1.63. The van der Waals surface area contributed by atoms with Crippen molar-refractivity contribution in [1.82, 2.24) is 9.55 Å². The van der Waals surface area contributed by atoms with E-state index in [4.69, 9.17) is 4.74 Å². The van der Waals surface area contributed by atoms with Crippen LogP contribution in [0, 0.1) is 11.7 Å². The zero-order valence-electron chi connectivity index (χ0n) is 9.56. The summed E-state index contributed by atoms with van der Waals surface area (Å²) >= 11 is 0. The molecule has 2 unspecified atom stereocenters. The summed E-state index contributed by atoms with van der Waals surface area (Å²) in [7, 11) is 0. The molecule has 0 amide bonds. The average Bonchev–Trinajstić information content (AvgIpc) is 3.07. The SMILES string of the molecule is O=c1[nH]c(=O)n(C2CCOC2C2CC2)c(O)c1F. The first kappa shape index (κ1) is 11.5. The lowest BCUT2D eigenvalue weighted by Gasteiger charge is -2.21. The number of hydrogen-bond acceptors (Lipinski definition) is 4. The quantitative estimate of drug-likeness (QED) is 0.787. The molecule has 2 N–H and O–H groups in total. The fourth-order valence-corrected chi connectivity index (χ4v) is 2.57. The van der Waals surface area contributed by atoms with Crippen LogP contribution in [0.5, 0.6) is 5.88 Å². The lowest BCUT2D eigenvalue weighted by Crippen LogP contribution is -2.37. The third-order valence-electron chi connectivity index (χ3n) is 3.58. The van der Waals surface area contributed by atoms with Crippen LogP contribution in [0.4, 0.5) is 4.39 Å². The van der Waals surface area contributed by atoms with Gasteiger partial charge in [-0.2, -0.15) is 4.39 Å². The van der Waals surface area contributed by atoms with Crippen molar-refractivity contribution in [1.29, 1.82) is 0 Å². The molecule has 0 radical (unpaired) electrons. The first-order chi connectivity index (χ1) is 8.59. The summed E-state index contributed by atoms with van der Waals surface area (Å²) < 4.78 is 19.8. The van der Waals surface area contributed by atoms with Gasteiger partial charge in [-0.25, -0.2) is 4.79 Å². The fourth-order valence-electron chi connectivity index (χ4n) is 2.57. The van der Waals surface area contributed by atoms with E-state index in [0.29, 0.717) is 18.9 Å². The lowest BCUT2D eigenvalue weighted by molar-refractivity contribution is 0.0718. The summed E-state index contributed by atoms with van der Waals surface area (Å²) in [6.07, 6.45) is 2.38. The highest BCUT2D eigenvalue weighted by atomic mass is 19.1. The molecule has 1 aromatic heterocycles. The van der Waals surface area contributed by atoms with Gasteiger partial charge in [-0.1, -0.05) is 0 Å². The highest BCUT2D eigenvalue weighted by Crippen LogP contribution is 2.43. The van der Waals surface area contributed by atoms with E-state index < -0.39 is 29.0 Å². The van der Waals surface area contributed by atoms with Crippen molar-refractivity contribution in [2.75, 3.05) is 6.61 Å². The first-order valence-electron chi connectivity index (χ1n) is 5.94. The molecule has 2 heterocycles. The van der Waals surface area contributed by atoms with Gasteiger partial charge in [0.1, 0.15) is 0 Å². The molecule has 2 aliphatic rings. The standard InChI is InChI=1S/C11H13FN2O4/c12-7-9(15)13-11(17)14(10(7)16)6-3-4-18-8(6)5-1-2-5/h5-6,8,16H,1-4H2,(H,13,15,17). The molecule has 0 spiro atoms. The third kappa shape index (κ3) is 1.66. The van der Waals surface area contributed by atoms with Crippen molar-refractivity contribution in [2.24, 2.45) is 5.92 Å². The van der Waals surface area contributed by atoms with Gasteiger partial charge in [-0.3, -0.25) is 14.3 Å². The molecule has 1 aliphatic heterocycles. The number of aromatic nitrogens is 2. The highest BCUT2D eigenvalue weighted by molar-refractivity contribution is 5.12. The van der Waals surface area contributed by atoms with Crippen molar-refractivity contribution < 1.29 is 14.2 Å². The van der Waals surface area contributed by atoms with Crippen LogP contribution >= 0.6 is 0 Å². The van der Waals surface area contributed by atoms with Gasteiger partial charge in [-0.15, -0.1) is 0 Å². The van der Waals surface area contributed by atoms with Gasteiger partial charge in [0.2, 0.25) is 11.7 Å². The van der Waals surface area contributed by atoms with Gasteiger partial charge in [0.25, 0.3) is 5.56 Å². The zero-order chi connectivity index (χ0) is 12.9. The molecular formula is C11H13FN2O4. The number of aromatic hydroxyl groups is 1. The van der Waals surface area contributed by atoms with Crippen LogP contribution in [0.25, 0.3) is 0 Å². The number of ether oxygens (including phenoxy) is 1. The van der Waals surface area contributed by atoms with Crippen molar-refractivity contribution >= 4 is 0 Å². The maximum absolute atomic E-state index is 13.4. The molecule has 18 heavy (non-hydrogen) atoms. The van der Waals surface area contributed by atoms with Gasteiger partial charge in [0.15, 0.2) is 0 Å². The van der Waals surface area contributed by atoms with E-state index in [1.54, 1.807) is 0 Å². The van der Waals surface area contributed by atoms with Gasteiger partial charge in [-0.05, 0) is 25.2 Å². The normalized spacial score (nSPS) is 27.6. The Morgan fingerprint density at radius 2 is 2.06 bits per heavy atom. The number of halogens is 1. The molecule has 3 rings (SSSR count). The lowest BCUT2D eigenvalue weighted by atomic mass is 10.1. The van der Waals surface area contributed by atoms with Crippen LogP contribution < -0.4 is 11.2 Å². The van der Waals surface area contributed by atoms with Gasteiger partial charge < -0.3 is 9.84 Å². The Bertz CT molecular complexity index is 590. The monoisotopic (exact) mass is 256 g/mol. The average molecular weight is 256 g/mol. The van der Waals surface area contributed by atoms with Crippen molar-refractivity contribution in [3.8, 4) is 5.88 Å². The Morgan fingerprint density at radius 1 is 1.33 bits per heavy atom. The molecule has 1 saturated carbocycles. The van der Waals surface area contributed by atoms with E-state index in [1.807, 2.05) is 4.98 Å². The summed E-state index contributed by atoms with van der Waals surface area (Å²) in [5, 5.41) is 9.65. The maximum Gasteiger partial charge on any atom is 0.331 e. The molecule has 1 saturated heterocycles. The predicted molar refractivity (Wildman–Crippen MR) is 59.1 cm³/mol. The maximum atomic E-state index is 13.4.